The molecule has 0 aliphatic heterocycles. The van der Waals surface area contributed by atoms with Gasteiger partial charge < -0.3 is 18.1 Å². The van der Waals surface area contributed by atoms with Crippen molar-refractivity contribution >= 4 is 20.2 Å². The van der Waals surface area contributed by atoms with Crippen LogP contribution in [0.1, 0.15) is 155 Å². The summed E-state index contributed by atoms with van der Waals surface area (Å²) in [4.78, 5) is 0. The molecule has 0 atom stereocenters. The normalized spacial score (nSPS) is 12.7. The van der Waals surface area contributed by atoms with Crippen molar-refractivity contribution in [1.29, 1.82) is 0 Å². The Morgan fingerprint density at radius 1 is 0.364 bits per heavy atom. The van der Waals surface area contributed by atoms with E-state index in [1.165, 1.54) is 128 Å². The topological polar surface area (TPSA) is 114 Å². The quantitative estimate of drug-likeness (QED) is 0.0437. The third-order valence-corrected chi connectivity index (χ3v) is 10.1. The smallest absolute Gasteiger partial charge is 0.0948 e. The molecular formula is C34H74N2O6S2. The van der Waals surface area contributed by atoms with E-state index < -0.39 is 20.2 Å². The Morgan fingerprint density at radius 3 is 0.795 bits per heavy atom. The third-order valence-electron chi connectivity index (χ3n) is 8.55. The molecule has 0 amide bonds. The fraction of sp³-hybridized carbons (Fsp3) is 1.00. The van der Waals surface area contributed by atoms with E-state index in [9.17, 15) is 25.9 Å². The first-order valence-electron chi connectivity index (χ1n) is 18.0. The van der Waals surface area contributed by atoms with Crippen molar-refractivity contribution in [3.8, 4) is 0 Å². The zero-order valence-electron chi connectivity index (χ0n) is 30.0. The SMILES string of the molecule is CCCCCCCCCCCC[N+](C)(C)CCCS(=O)(=O)[O-].CCCCCCCCCCCC[N+](C)(C)CCCS(=O)(=O)[O-]. The minimum absolute atomic E-state index is 0.229. The van der Waals surface area contributed by atoms with Gasteiger partial charge in [0.05, 0.1) is 74.6 Å². The second kappa shape index (κ2) is 27.8. The second-order valence-corrected chi connectivity index (χ2v) is 17.4. The molecule has 0 rings (SSSR count). The summed E-state index contributed by atoms with van der Waals surface area (Å²) in [6.07, 6.45) is 27.6. The number of quaternary nitrogens is 2. The van der Waals surface area contributed by atoms with E-state index in [1.54, 1.807) is 0 Å². The summed E-state index contributed by atoms with van der Waals surface area (Å²) < 4.78 is 65.2. The molecule has 8 nitrogen and oxygen atoms in total. The minimum atomic E-state index is -4.05. The molecule has 0 aliphatic carbocycles. The predicted molar refractivity (Wildman–Crippen MR) is 186 cm³/mol. The highest BCUT2D eigenvalue weighted by Crippen LogP contribution is 2.13. The molecule has 268 valence electrons. The number of nitrogens with zero attached hydrogens (tertiary/aromatic N) is 2. The summed E-state index contributed by atoms with van der Waals surface area (Å²) >= 11 is 0. The molecule has 0 unspecified atom stereocenters. The Hall–Kier alpha value is -0.260. The van der Waals surface area contributed by atoms with Crippen LogP contribution in [0.4, 0.5) is 0 Å². The molecule has 0 saturated heterocycles. The van der Waals surface area contributed by atoms with Gasteiger partial charge in [-0.25, -0.2) is 16.8 Å². The van der Waals surface area contributed by atoms with Gasteiger partial charge in [-0.3, -0.25) is 0 Å². The first kappa shape index (κ1) is 45.9. The van der Waals surface area contributed by atoms with Crippen LogP contribution in [-0.4, -0.2) is 101 Å². The first-order chi connectivity index (χ1) is 20.5. The van der Waals surface area contributed by atoms with Crippen molar-refractivity contribution in [3.05, 3.63) is 0 Å². The highest BCUT2D eigenvalue weighted by Gasteiger charge is 2.15. The lowest BCUT2D eigenvalue weighted by Gasteiger charge is -2.30. The van der Waals surface area contributed by atoms with Crippen LogP contribution in [0, 0.1) is 0 Å². The molecule has 10 heteroatoms. The van der Waals surface area contributed by atoms with Crippen LogP contribution in [0.2, 0.25) is 0 Å². The van der Waals surface area contributed by atoms with E-state index in [0.29, 0.717) is 12.8 Å². The largest absolute Gasteiger partial charge is 0.748 e. The number of hydrogen-bond donors (Lipinski definition) is 0. The molecule has 0 N–H and O–H groups in total. The van der Waals surface area contributed by atoms with Crippen LogP contribution in [-0.2, 0) is 20.2 Å². The van der Waals surface area contributed by atoms with Gasteiger partial charge in [0.25, 0.3) is 0 Å². The van der Waals surface area contributed by atoms with E-state index in [4.69, 9.17) is 0 Å². The van der Waals surface area contributed by atoms with Crippen LogP contribution in [0.25, 0.3) is 0 Å². The van der Waals surface area contributed by atoms with Gasteiger partial charge in [-0.05, 0) is 25.7 Å². The number of hydrogen-bond acceptors (Lipinski definition) is 6. The third kappa shape index (κ3) is 39.8. The molecule has 0 aliphatic rings. The monoisotopic (exact) mass is 670 g/mol. The van der Waals surface area contributed by atoms with Crippen molar-refractivity contribution in [2.75, 3.05) is 65.9 Å². The summed E-state index contributed by atoms with van der Waals surface area (Å²) in [5, 5.41) is 0. The van der Waals surface area contributed by atoms with Crippen LogP contribution >= 0.6 is 0 Å². The van der Waals surface area contributed by atoms with E-state index in [1.807, 2.05) is 0 Å². The number of unbranched alkanes of at least 4 members (excludes halogenated alkanes) is 18. The Balaban J connectivity index is 0. The second-order valence-electron chi connectivity index (χ2n) is 14.4. The first-order valence-corrected chi connectivity index (χ1v) is 21.2. The highest BCUT2D eigenvalue weighted by atomic mass is 32.2. The van der Waals surface area contributed by atoms with Gasteiger partial charge in [0.15, 0.2) is 0 Å². The van der Waals surface area contributed by atoms with Gasteiger partial charge in [0.1, 0.15) is 0 Å². The van der Waals surface area contributed by atoms with Gasteiger partial charge in [0, 0.05) is 24.3 Å². The van der Waals surface area contributed by atoms with E-state index >= 15 is 0 Å². The van der Waals surface area contributed by atoms with Crippen LogP contribution < -0.4 is 0 Å². The van der Waals surface area contributed by atoms with E-state index in [-0.39, 0.29) is 11.5 Å². The number of rotatable bonds is 30. The average Bonchev–Trinajstić information content (AvgIpc) is 2.89. The minimum Gasteiger partial charge on any atom is -0.748 e. The van der Waals surface area contributed by atoms with E-state index in [2.05, 4.69) is 42.0 Å². The van der Waals surface area contributed by atoms with Gasteiger partial charge in [-0.2, -0.15) is 0 Å². The lowest BCUT2D eigenvalue weighted by atomic mass is 10.1. The van der Waals surface area contributed by atoms with Crippen molar-refractivity contribution in [3.63, 3.8) is 0 Å². The molecular weight excluding hydrogens is 597 g/mol. The molecule has 0 saturated carbocycles. The molecule has 44 heavy (non-hydrogen) atoms. The standard InChI is InChI=1S/2C17H37NO3S/c2*1-4-5-6-7-8-9-10-11-12-13-15-18(2,3)16-14-17-22(19,20)21/h2*4-17H2,1-3H3. The molecule has 0 aromatic rings. The van der Waals surface area contributed by atoms with Crippen LogP contribution in [0.3, 0.4) is 0 Å². The van der Waals surface area contributed by atoms with Crippen LogP contribution in [0.5, 0.6) is 0 Å². The zero-order valence-corrected chi connectivity index (χ0v) is 31.6. The lowest BCUT2D eigenvalue weighted by molar-refractivity contribution is -0.890. The molecule has 0 radical (unpaired) electrons. The van der Waals surface area contributed by atoms with Gasteiger partial charge in [0.2, 0.25) is 0 Å². The van der Waals surface area contributed by atoms with Gasteiger partial charge in [-0.1, -0.05) is 117 Å². The lowest BCUT2D eigenvalue weighted by Crippen LogP contribution is -2.41. The summed E-state index contributed by atoms with van der Waals surface area (Å²) in [6.45, 7) is 8.15. The Bertz CT molecular complexity index is 776. The van der Waals surface area contributed by atoms with Crippen molar-refractivity contribution in [1.82, 2.24) is 0 Å². The molecule has 0 heterocycles. The Kier molecular flexibility index (Phi) is 29.0. The highest BCUT2D eigenvalue weighted by molar-refractivity contribution is 7.85. The Labute approximate surface area is 275 Å². The average molecular weight is 671 g/mol. The molecule has 0 bridgehead atoms. The van der Waals surface area contributed by atoms with Crippen molar-refractivity contribution < 1.29 is 34.9 Å². The van der Waals surface area contributed by atoms with Crippen molar-refractivity contribution in [2.45, 2.75) is 155 Å². The predicted octanol–water partition coefficient (Wildman–Crippen LogP) is 7.84. The molecule has 0 aromatic carbocycles. The summed E-state index contributed by atoms with van der Waals surface area (Å²) in [5.74, 6) is -0.459. The maximum absolute atomic E-state index is 10.6. The van der Waals surface area contributed by atoms with E-state index in [0.717, 1.165) is 35.1 Å². The van der Waals surface area contributed by atoms with Crippen LogP contribution in [0.15, 0.2) is 0 Å². The van der Waals surface area contributed by atoms with Gasteiger partial charge in [-0.15, -0.1) is 0 Å². The Morgan fingerprint density at radius 2 is 0.568 bits per heavy atom. The molecule has 0 aromatic heterocycles. The van der Waals surface area contributed by atoms with Gasteiger partial charge >= 0.3 is 0 Å². The van der Waals surface area contributed by atoms with Crippen molar-refractivity contribution in [2.24, 2.45) is 0 Å². The zero-order chi connectivity index (χ0) is 33.8. The molecule has 0 spiro atoms. The maximum atomic E-state index is 10.6. The molecule has 0 fully saturated rings. The fourth-order valence-electron chi connectivity index (χ4n) is 5.62. The fourth-order valence-corrected chi connectivity index (χ4v) is 6.58. The summed E-state index contributed by atoms with van der Waals surface area (Å²) in [7, 11) is 0.364. The summed E-state index contributed by atoms with van der Waals surface area (Å²) in [6, 6.07) is 0. The summed E-state index contributed by atoms with van der Waals surface area (Å²) in [5.41, 5.74) is 0. The maximum Gasteiger partial charge on any atom is 0.0948 e.